The van der Waals surface area contributed by atoms with Gasteiger partial charge in [0.25, 0.3) is 0 Å². The maximum Gasteiger partial charge on any atom is 0.148 e. The lowest BCUT2D eigenvalue weighted by Crippen LogP contribution is -2.33. The van der Waals surface area contributed by atoms with Gasteiger partial charge in [0.1, 0.15) is 17.5 Å². The van der Waals surface area contributed by atoms with Crippen molar-refractivity contribution in [3.05, 3.63) is 11.4 Å². The summed E-state index contributed by atoms with van der Waals surface area (Å²) < 4.78 is 0. The van der Waals surface area contributed by atoms with Crippen molar-refractivity contribution in [2.24, 2.45) is 17.7 Å². The van der Waals surface area contributed by atoms with E-state index in [1.807, 2.05) is 6.92 Å². The molecule has 3 unspecified atom stereocenters. The zero-order valence-corrected chi connectivity index (χ0v) is 13.0. The van der Waals surface area contributed by atoms with Crippen molar-refractivity contribution in [3.63, 3.8) is 0 Å². The molecule has 4 N–H and O–H groups in total. The Morgan fingerprint density at radius 2 is 1.90 bits per heavy atom. The van der Waals surface area contributed by atoms with Gasteiger partial charge >= 0.3 is 0 Å². The zero-order chi connectivity index (χ0) is 14.7. The minimum Gasteiger partial charge on any atom is -0.367 e. The van der Waals surface area contributed by atoms with E-state index in [0.717, 1.165) is 35.4 Å². The second-order valence-electron chi connectivity index (χ2n) is 6.11. The summed E-state index contributed by atoms with van der Waals surface area (Å²) in [6.07, 6.45) is 4.58. The smallest absolute Gasteiger partial charge is 0.148 e. The fourth-order valence-electron chi connectivity index (χ4n) is 3.06. The van der Waals surface area contributed by atoms with Crippen molar-refractivity contribution in [1.29, 1.82) is 0 Å². The van der Waals surface area contributed by atoms with Crippen molar-refractivity contribution in [1.82, 2.24) is 9.97 Å². The van der Waals surface area contributed by atoms with Gasteiger partial charge in [-0.2, -0.15) is 0 Å². The molecule has 1 saturated carbocycles. The highest BCUT2D eigenvalue weighted by atomic mass is 15.3. The number of nitrogens with one attached hydrogen (secondary N) is 2. The molecule has 5 nitrogen and oxygen atoms in total. The van der Waals surface area contributed by atoms with Gasteiger partial charge in [0.2, 0.25) is 0 Å². The van der Waals surface area contributed by atoms with Gasteiger partial charge in [0.05, 0.1) is 0 Å². The molecule has 0 amide bonds. The molecule has 0 spiro atoms. The van der Waals surface area contributed by atoms with E-state index < -0.39 is 0 Å². The molecule has 1 aromatic rings. The molecule has 20 heavy (non-hydrogen) atoms. The number of nitrogens with two attached hydrogens (primary N) is 1. The minimum absolute atomic E-state index is 0.495. The molecule has 1 aromatic heterocycles. The van der Waals surface area contributed by atoms with Gasteiger partial charge in [-0.3, -0.25) is 0 Å². The maximum absolute atomic E-state index is 5.55. The van der Waals surface area contributed by atoms with Crippen molar-refractivity contribution in [3.8, 4) is 0 Å². The summed E-state index contributed by atoms with van der Waals surface area (Å²) in [5.41, 5.74) is 3.67. The molecule has 1 fully saturated rings. The predicted molar refractivity (Wildman–Crippen MR) is 83.5 cm³/mol. The van der Waals surface area contributed by atoms with E-state index >= 15 is 0 Å². The first-order valence-corrected chi connectivity index (χ1v) is 7.65. The van der Waals surface area contributed by atoms with Crippen LogP contribution in [-0.2, 0) is 6.42 Å². The van der Waals surface area contributed by atoms with E-state index in [2.05, 4.69) is 41.5 Å². The number of hydrogen-bond acceptors (Lipinski definition) is 5. The Kier molecular flexibility index (Phi) is 4.81. The topological polar surface area (TPSA) is 75.9 Å². The molecular formula is C15H27N5. The lowest BCUT2D eigenvalue weighted by molar-refractivity contribution is 0.276. The Labute approximate surface area is 121 Å². The number of aryl methyl sites for hydroxylation is 1. The van der Waals surface area contributed by atoms with E-state index in [1.54, 1.807) is 0 Å². The molecule has 1 aliphatic carbocycles. The van der Waals surface area contributed by atoms with Gasteiger partial charge < -0.3 is 10.7 Å². The van der Waals surface area contributed by atoms with Crippen LogP contribution in [-0.4, -0.2) is 16.0 Å². The summed E-state index contributed by atoms with van der Waals surface area (Å²) in [5.74, 6) is 9.53. The summed E-state index contributed by atoms with van der Waals surface area (Å²) in [6, 6.07) is 0.495. The van der Waals surface area contributed by atoms with Crippen LogP contribution in [0.1, 0.15) is 51.4 Å². The van der Waals surface area contributed by atoms with E-state index in [9.17, 15) is 0 Å². The van der Waals surface area contributed by atoms with E-state index in [0.29, 0.717) is 12.0 Å². The largest absolute Gasteiger partial charge is 0.367 e. The van der Waals surface area contributed by atoms with Crippen LogP contribution in [0.5, 0.6) is 0 Å². The average Bonchev–Trinajstić information content (AvgIpc) is 2.43. The van der Waals surface area contributed by atoms with Crippen molar-refractivity contribution < 1.29 is 0 Å². The minimum atomic E-state index is 0.495. The quantitative estimate of drug-likeness (QED) is 0.583. The molecule has 2 rings (SSSR count). The second kappa shape index (κ2) is 6.39. The standard InChI is InChI=1S/C15H27N5/c1-5-13-18-14(11(4)15(19-13)20-16)17-12-7-6-9(2)8-10(12)3/h9-10,12H,5-8,16H2,1-4H3,(H2,17,18,19,20). The Hall–Kier alpha value is -1.36. The normalized spacial score (nSPS) is 26.4. The highest BCUT2D eigenvalue weighted by Gasteiger charge is 2.26. The zero-order valence-electron chi connectivity index (χ0n) is 13.0. The monoisotopic (exact) mass is 277 g/mol. The number of rotatable bonds is 4. The van der Waals surface area contributed by atoms with Crippen LogP contribution in [0.3, 0.4) is 0 Å². The predicted octanol–water partition coefficient (Wildman–Crippen LogP) is 2.87. The summed E-state index contributed by atoms with van der Waals surface area (Å²) in [5, 5.41) is 3.62. The highest BCUT2D eigenvalue weighted by molar-refractivity contribution is 5.57. The maximum atomic E-state index is 5.55. The summed E-state index contributed by atoms with van der Waals surface area (Å²) in [7, 11) is 0. The van der Waals surface area contributed by atoms with Gasteiger partial charge in [0, 0.05) is 18.0 Å². The number of nitrogens with zero attached hydrogens (tertiary/aromatic N) is 2. The first-order chi connectivity index (χ1) is 9.55. The molecule has 0 saturated heterocycles. The SMILES string of the molecule is CCc1nc(NN)c(C)c(NC2CCC(C)CC2C)n1. The molecule has 0 aliphatic heterocycles. The van der Waals surface area contributed by atoms with E-state index in [-0.39, 0.29) is 0 Å². The number of anilines is 2. The van der Waals surface area contributed by atoms with Crippen LogP contribution < -0.4 is 16.6 Å². The van der Waals surface area contributed by atoms with Crippen LogP contribution in [0.4, 0.5) is 11.6 Å². The fourth-order valence-corrected chi connectivity index (χ4v) is 3.06. The summed E-state index contributed by atoms with van der Waals surface area (Å²) >= 11 is 0. The van der Waals surface area contributed by atoms with Crippen molar-refractivity contribution in [2.75, 3.05) is 10.7 Å². The Morgan fingerprint density at radius 1 is 1.20 bits per heavy atom. The summed E-state index contributed by atoms with van der Waals surface area (Å²) in [6.45, 7) is 8.73. The van der Waals surface area contributed by atoms with Gasteiger partial charge in [-0.15, -0.1) is 0 Å². The van der Waals surface area contributed by atoms with E-state index in [1.165, 1.54) is 19.3 Å². The number of aromatic nitrogens is 2. The number of hydrogen-bond donors (Lipinski definition) is 3. The van der Waals surface area contributed by atoms with Crippen LogP contribution in [0.15, 0.2) is 0 Å². The van der Waals surface area contributed by atoms with Crippen LogP contribution in [0, 0.1) is 18.8 Å². The van der Waals surface area contributed by atoms with Crippen molar-refractivity contribution >= 4 is 11.6 Å². The number of nitrogen functional groups attached to an aromatic ring is 1. The molecule has 1 aliphatic rings. The molecule has 3 atom stereocenters. The molecule has 0 bridgehead atoms. The first kappa shape index (κ1) is 15.0. The third-order valence-corrected chi connectivity index (χ3v) is 4.40. The lowest BCUT2D eigenvalue weighted by atomic mass is 9.80. The molecular weight excluding hydrogens is 250 g/mol. The van der Waals surface area contributed by atoms with Crippen LogP contribution in [0.2, 0.25) is 0 Å². The van der Waals surface area contributed by atoms with Crippen LogP contribution in [0.25, 0.3) is 0 Å². The lowest BCUT2D eigenvalue weighted by Gasteiger charge is -2.34. The molecule has 112 valence electrons. The van der Waals surface area contributed by atoms with Crippen LogP contribution >= 0.6 is 0 Å². The fraction of sp³-hybridized carbons (Fsp3) is 0.733. The second-order valence-corrected chi connectivity index (χ2v) is 6.11. The summed E-state index contributed by atoms with van der Waals surface area (Å²) in [4.78, 5) is 9.04. The average molecular weight is 277 g/mol. The molecule has 0 radical (unpaired) electrons. The van der Waals surface area contributed by atoms with Gasteiger partial charge in [-0.1, -0.05) is 20.8 Å². The Bertz CT molecular complexity index is 460. The van der Waals surface area contributed by atoms with E-state index in [4.69, 9.17) is 5.84 Å². The van der Waals surface area contributed by atoms with Crippen molar-refractivity contribution in [2.45, 2.75) is 59.4 Å². The molecule has 1 heterocycles. The third-order valence-electron chi connectivity index (χ3n) is 4.40. The first-order valence-electron chi connectivity index (χ1n) is 7.65. The Balaban J connectivity index is 2.20. The highest BCUT2D eigenvalue weighted by Crippen LogP contribution is 2.31. The Morgan fingerprint density at radius 3 is 2.50 bits per heavy atom. The molecule has 5 heteroatoms. The number of hydrazine groups is 1. The third kappa shape index (κ3) is 3.20. The van der Waals surface area contributed by atoms with Gasteiger partial charge in [-0.25, -0.2) is 15.8 Å². The van der Waals surface area contributed by atoms with Gasteiger partial charge in [-0.05, 0) is 38.0 Å². The molecule has 0 aromatic carbocycles. The van der Waals surface area contributed by atoms with Gasteiger partial charge in [0.15, 0.2) is 0 Å².